The van der Waals surface area contributed by atoms with Crippen molar-refractivity contribution in [3.63, 3.8) is 0 Å². The van der Waals surface area contributed by atoms with E-state index in [1.807, 2.05) is 6.92 Å². The number of carbonyl (C=O) groups excluding carboxylic acids is 3. The van der Waals surface area contributed by atoms with Crippen molar-refractivity contribution in [2.24, 2.45) is 0 Å². The lowest BCUT2D eigenvalue weighted by Gasteiger charge is -2.27. The molecule has 1 N–H and O–H groups in total. The largest absolute Gasteiger partial charge is 0.461 e. The Hall–Kier alpha value is -2.11. The number of nitrogens with zero attached hydrogens (tertiary/aromatic N) is 1. The Balaban J connectivity index is 1.89. The number of carbonyl (C=O) groups is 3. The third kappa shape index (κ3) is 3.75. The number of likely N-dealkylation sites (tertiary alicyclic amines) is 1. The molecule has 1 fully saturated rings. The second-order valence-electron chi connectivity index (χ2n) is 5.63. The summed E-state index contributed by atoms with van der Waals surface area (Å²) in [6.45, 7) is 4.29. The van der Waals surface area contributed by atoms with Crippen LogP contribution >= 0.6 is 0 Å². The Bertz CT molecular complexity index is 538. The quantitative estimate of drug-likeness (QED) is 0.778. The molecule has 1 saturated heterocycles. The van der Waals surface area contributed by atoms with Crippen molar-refractivity contribution in [3.05, 3.63) is 24.2 Å². The van der Waals surface area contributed by atoms with Crippen molar-refractivity contribution < 1.29 is 18.8 Å². The molecule has 2 heterocycles. The van der Waals surface area contributed by atoms with Gasteiger partial charge in [-0.05, 0) is 31.9 Å². The molecule has 1 aromatic rings. The number of Topliss-reactive ketones (excluding diaryl/α,β-unsaturated/α-hetero) is 1. The topological polar surface area (TPSA) is 79.6 Å². The van der Waals surface area contributed by atoms with Crippen LogP contribution in [-0.2, 0) is 9.59 Å². The zero-order valence-electron chi connectivity index (χ0n) is 13.0. The van der Waals surface area contributed by atoms with Crippen LogP contribution in [0.15, 0.2) is 22.8 Å². The van der Waals surface area contributed by atoms with E-state index >= 15 is 0 Å². The van der Waals surface area contributed by atoms with Gasteiger partial charge >= 0.3 is 0 Å². The number of hydrogen-bond donors (Lipinski definition) is 1. The SMILES string of the molecule is CCC(C(=O)NC(C)CC(=O)c1ccco1)N1CCCC1=O. The van der Waals surface area contributed by atoms with Gasteiger partial charge in [0.25, 0.3) is 0 Å². The van der Waals surface area contributed by atoms with E-state index in [-0.39, 0.29) is 30.1 Å². The van der Waals surface area contributed by atoms with Crippen LogP contribution in [0.5, 0.6) is 0 Å². The highest BCUT2D eigenvalue weighted by Gasteiger charge is 2.32. The molecule has 0 bridgehead atoms. The van der Waals surface area contributed by atoms with Crippen LogP contribution in [0, 0.1) is 0 Å². The Morgan fingerprint density at radius 1 is 1.45 bits per heavy atom. The molecule has 0 spiro atoms. The van der Waals surface area contributed by atoms with Gasteiger partial charge < -0.3 is 14.6 Å². The van der Waals surface area contributed by atoms with E-state index in [1.54, 1.807) is 24.0 Å². The summed E-state index contributed by atoms with van der Waals surface area (Å²) in [7, 11) is 0. The van der Waals surface area contributed by atoms with Crippen molar-refractivity contribution in [1.29, 1.82) is 0 Å². The molecule has 2 unspecified atom stereocenters. The van der Waals surface area contributed by atoms with Gasteiger partial charge in [-0.1, -0.05) is 6.92 Å². The molecule has 120 valence electrons. The average molecular weight is 306 g/mol. The minimum absolute atomic E-state index is 0.0290. The minimum Gasteiger partial charge on any atom is -0.461 e. The summed E-state index contributed by atoms with van der Waals surface area (Å²) < 4.78 is 5.05. The van der Waals surface area contributed by atoms with Crippen molar-refractivity contribution in [2.45, 2.75) is 51.6 Å². The van der Waals surface area contributed by atoms with Crippen molar-refractivity contribution >= 4 is 17.6 Å². The fourth-order valence-electron chi connectivity index (χ4n) is 2.75. The first kappa shape index (κ1) is 16.3. The van der Waals surface area contributed by atoms with Crippen LogP contribution in [0.3, 0.4) is 0 Å². The summed E-state index contributed by atoms with van der Waals surface area (Å²) in [5.41, 5.74) is 0. The Kier molecular flexibility index (Phi) is 5.35. The van der Waals surface area contributed by atoms with Crippen LogP contribution in [-0.4, -0.2) is 41.1 Å². The molecule has 0 aliphatic carbocycles. The summed E-state index contributed by atoms with van der Waals surface area (Å²) in [4.78, 5) is 37.7. The Labute approximate surface area is 129 Å². The number of amides is 2. The van der Waals surface area contributed by atoms with Gasteiger partial charge in [0.05, 0.1) is 6.26 Å². The fourth-order valence-corrected chi connectivity index (χ4v) is 2.75. The van der Waals surface area contributed by atoms with Crippen molar-refractivity contribution in [3.8, 4) is 0 Å². The lowest BCUT2D eigenvalue weighted by molar-refractivity contribution is -0.137. The normalized spacial score (nSPS) is 17.4. The number of furan rings is 1. The van der Waals surface area contributed by atoms with E-state index in [0.717, 1.165) is 6.42 Å². The van der Waals surface area contributed by atoms with Crippen LogP contribution in [0.25, 0.3) is 0 Å². The molecular weight excluding hydrogens is 284 g/mol. The Morgan fingerprint density at radius 2 is 2.23 bits per heavy atom. The highest BCUT2D eigenvalue weighted by Crippen LogP contribution is 2.16. The molecule has 2 atom stereocenters. The highest BCUT2D eigenvalue weighted by atomic mass is 16.3. The zero-order valence-corrected chi connectivity index (χ0v) is 13.0. The number of nitrogens with one attached hydrogen (secondary N) is 1. The molecule has 1 aliphatic rings. The minimum atomic E-state index is -0.448. The molecule has 6 heteroatoms. The van der Waals surface area contributed by atoms with Gasteiger partial charge in [-0.15, -0.1) is 0 Å². The molecule has 0 aromatic carbocycles. The van der Waals surface area contributed by atoms with E-state index < -0.39 is 6.04 Å². The fraction of sp³-hybridized carbons (Fsp3) is 0.562. The third-order valence-corrected chi connectivity index (χ3v) is 3.85. The smallest absolute Gasteiger partial charge is 0.243 e. The molecular formula is C16H22N2O4. The van der Waals surface area contributed by atoms with Gasteiger partial charge in [-0.3, -0.25) is 14.4 Å². The van der Waals surface area contributed by atoms with Gasteiger partial charge in [-0.2, -0.15) is 0 Å². The van der Waals surface area contributed by atoms with Crippen LogP contribution < -0.4 is 5.32 Å². The van der Waals surface area contributed by atoms with Gasteiger partial charge in [0.15, 0.2) is 11.5 Å². The second kappa shape index (κ2) is 7.24. The van der Waals surface area contributed by atoms with E-state index in [1.165, 1.54) is 6.26 Å². The molecule has 22 heavy (non-hydrogen) atoms. The van der Waals surface area contributed by atoms with Crippen LogP contribution in [0.2, 0.25) is 0 Å². The van der Waals surface area contributed by atoms with Gasteiger partial charge in [0.2, 0.25) is 11.8 Å². The predicted octanol–water partition coefficient (Wildman–Crippen LogP) is 1.76. The monoisotopic (exact) mass is 306 g/mol. The molecule has 1 aliphatic heterocycles. The first-order chi connectivity index (χ1) is 10.5. The second-order valence-corrected chi connectivity index (χ2v) is 5.63. The summed E-state index contributed by atoms with van der Waals surface area (Å²) in [5, 5.41) is 2.83. The van der Waals surface area contributed by atoms with Crippen molar-refractivity contribution in [2.75, 3.05) is 6.54 Å². The lowest BCUT2D eigenvalue weighted by atomic mass is 10.1. The highest BCUT2D eigenvalue weighted by molar-refractivity contribution is 5.94. The third-order valence-electron chi connectivity index (χ3n) is 3.85. The first-order valence-corrected chi connectivity index (χ1v) is 7.69. The molecule has 0 saturated carbocycles. The first-order valence-electron chi connectivity index (χ1n) is 7.69. The van der Waals surface area contributed by atoms with E-state index in [2.05, 4.69) is 5.32 Å². The summed E-state index contributed by atoms with van der Waals surface area (Å²) in [6, 6.07) is 2.50. The molecule has 6 nitrogen and oxygen atoms in total. The maximum absolute atomic E-state index is 12.3. The summed E-state index contributed by atoms with van der Waals surface area (Å²) >= 11 is 0. The maximum atomic E-state index is 12.3. The molecule has 1 aromatic heterocycles. The standard InChI is InChI=1S/C16H22N2O4/c1-3-12(18-8-4-7-15(18)20)16(21)17-11(2)10-13(19)14-6-5-9-22-14/h5-6,9,11-12H,3-4,7-8,10H2,1-2H3,(H,17,21). The van der Waals surface area contributed by atoms with Gasteiger partial charge in [0, 0.05) is 25.4 Å². The molecule has 0 radical (unpaired) electrons. The zero-order chi connectivity index (χ0) is 16.1. The van der Waals surface area contributed by atoms with Crippen molar-refractivity contribution in [1.82, 2.24) is 10.2 Å². The Morgan fingerprint density at radius 3 is 2.77 bits per heavy atom. The van der Waals surface area contributed by atoms with E-state index in [0.29, 0.717) is 25.1 Å². The van der Waals surface area contributed by atoms with Crippen LogP contribution in [0.4, 0.5) is 0 Å². The van der Waals surface area contributed by atoms with Crippen LogP contribution in [0.1, 0.15) is 50.1 Å². The predicted molar refractivity (Wildman–Crippen MR) is 80.3 cm³/mol. The van der Waals surface area contributed by atoms with Gasteiger partial charge in [-0.25, -0.2) is 0 Å². The van der Waals surface area contributed by atoms with E-state index in [4.69, 9.17) is 4.42 Å². The summed E-state index contributed by atoms with van der Waals surface area (Å²) in [5.74, 6) is -0.0234. The van der Waals surface area contributed by atoms with Gasteiger partial charge in [0.1, 0.15) is 6.04 Å². The average Bonchev–Trinajstić information content (AvgIpc) is 3.11. The number of ketones is 1. The lowest BCUT2D eigenvalue weighted by Crippen LogP contribution is -2.49. The van der Waals surface area contributed by atoms with E-state index in [9.17, 15) is 14.4 Å². The number of hydrogen-bond acceptors (Lipinski definition) is 4. The summed E-state index contributed by atoms with van der Waals surface area (Å²) in [6.07, 6.45) is 3.49. The molecule has 2 amide bonds. The maximum Gasteiger partial charge on any atom is 0.243 e. The molecule has 2 rings (SSSR count). The number of rotatable bonds is 7.